The molecule has 4 aromatic rings. The molecule has 0 bridgehead atoms. The smallest absolute Gasteiger partial charge is 0.0449 e. The van der Waals surface area contributed by atoms with Crippen molar-refractivity contribution in [3.05, 3.63) is 102 Å². The molecule has 29 heavy (non-hydrogen) atoms. The van der Waals surface area contributed by atoms with E-state index in [1.807, 2.05) is 0 Å². The van der Waals surface area contributed by atoms with Crippen molar-refractivity contribution in [2.75, 3.05) is 13.1 Å². The molecule has 0 saturated carbocycles. The molecule has 5 rings (SSSR count). The molecule has 1 fully saturated rings. The third-order valence-corrected chi connectivity index (χ3v) is 6.29. The first-order valence-corrected chi connectivity index (χ1v) is 10.8. The number of likely N-dealkylation sites (tertiary alicyclic amines) is 1. The van der Waals surface area contributed by atoms with Crippen molar-refractivity contribution >= 4 is 10.8 Å². The van der Waals surface area contributed by atoms with Crippen LogP contribution in [-0.4, -0.2) is 22.6 Å². The second-order valence-electron chi connectivity index (χ2n) is 8.36. The van der Waals surface area contributed by atoms with Gasteiger partial charge < -0.3 is 4.57 Å². The molecule has 0 spiro atoms. The van der Waals surface area contributed by atoms with Crippen LogP contribution >= 0.6 is 0 Å². The van der Waals surface area contributed by atoms with Gasteiger partial charge in [-0.05, 0) is 90.5 Å². The van der Waals surface area contributed by atoms with E-state index < -0.39 is 0 Å². The van der Waals surface area contributed by atoms with Gasteiger partial charge in [-0.2, -0.15) is 0 Å². The highest BCUT2D eigenvalue weighted by atomic mass is 15.1. The molecule has 1 aliphatic heterocycles. The maximum absolute atomic E-state index is 2.62. The first kappa shape index (κ1) is 18.2. The molecule has 0 radical (unpaired) electrons. The Balaban J connectivity index is 1.15. The zero-order valence-electron chi connectivity index (χ0n) is 16.9. The van der Waals surface area contributed by atoms with Crippen molar-refractivity contribution in [1.82, 2.24) is 9.47 Å². The van der Waals surface area contributed by atoms with Gasteiger partial charge in [0.15, 0.2) is 0 Å². The number of piperidine rings is 1. The number of fused-ring (bicyclic) bond motifs is 1. The Hall–Kier alpha value is -2.84. The summed E-state index contributed by atoms with van der Waals surface area (Å²) < 4.78 is 2.16. The Labute approximate surface area is 173 Å². The molecule has 0 N–H and O–H groups in total. The zero-order chi connectivity index (χ0) is 19.5. The Morgan fingerprint density at radius 2 is 1.38 bits per heavy atom. The van der Waals surface area contributed by atoms with Crippen molar-refractivity contribution < 1.29 is 0 Å². The standard InChI is InChI=1S/C27H28N2/c1-2-6-26-20-24(7-10-25(26)5-1)21-28-17-13-23(14-18-28)19-22-8-11-27(12-9-22)29-15-3-4-16-29/h1-12,15-16,20,23H,13-14,17-19,21H2. The molecule has 2 nitrogen and oxygen atoms in total. The molecule has 0 aliphatic carbocycles. The monoisotopic (exact) mass is 380 g/mol. The SMILES string of the molecule is c1ccc2cc(CN3CCC(Cc4ccc(-n5cccc5)cc4)CC3)ccc2c1. The Kier molecular flexibility index (Phi) is 5.19. The molecule has 0 atom stereocenters. The molecular formula is C27H28N2. The first-order chi connectivity index (χ1) is 14.3. The van der Waals surface area contributed by atoms with Crippen molar-refractivity contribution in [1.29, 1.82) is 0 Å². The third-order valence-electron chi connectivity index (χ3n) is 6.29. The van der Waals surface area contributed by atoms with Gasteiger partial charge in [0.2, 0.25) is 0 Å². The maximum Gasteiger partial charge on any atom is 0.0449 e. The average molecular weight is 381 g/mol. The van der Waals surface area contributed by atoms with Crippen molar-refractivity contribution in [2.24, 2.45) is 5.92 Å². The van der Waals surface area contributed by atoms with Gasteiger partial charge in [-0.3, -0.25) is 4.90 Å². The van der Waals surface area contributed by atoms with E-state index in [0.717, 1.165) is 12.5 Å². The minimum Gasteiger partial charge on any atom is -0.324 e. The molecule has 1 aromatic heterocycles. The summed E-state index contributed by atoms with van der Waals surface area (Å²) in [6, 6.07) is 28.8. The number of hydrogen-bond acceptors (Lipinski definition) is 1. The van der Waals surface area contributed by atoms with E-state index in [4.69, 9.17) is 0 Å². The normalized spacial score (nSPS) is 15.7. The summed E-state index contributed by atoms with van der Waals surface area (Å²) in [5.74, 6) is 0.806. The maximum atomic E-state index is 2.62. The first-order valence-electron chi connectivity index (χ1n) is 10.8. The quantitative estimate of drug-likeness (QED) is 0.407. The predicted molar refractivity (Wildman–Crippen MR) is 121 cm³/mol. The summed E-state index contributed by atoms with van der Waals surface area (Å²) in [7, 11) is 0. The molecule has 2 heterocycles. The van der Waals surface area contributed by atoms with Gasteiger partial charge in [-0.25, -0.2) is 0 Å². The molecular weight excluding hydrogens is 352 g/mol. The minimum absolute atomic E-state index is 0.806. The molecule has 0 unspecified atom stereocenters. The lowest BCUT2D eigenvalue weighted by atomic mass is 9.90. The number of hydrogen-bond donors (Lipinski definition) is 0. The Morgan fingerprint density at radius 3 is 2.14 bits per heavy atom. The fourth-order valence-electron chi connectivity index (χ4n) is 4.59. The van der Waals surface area contributed by atoms with Gasteiger partial charge in [0.25, 0.3) is 0 Å². The van der Waals surface area contributed by atoms with E-state index in [1.165, 1.54) is 59.9 Å². The van der Waals surface area contributed by atoms with Gasteiger partial charge in [0.05, 0.1) is 0 Å². The number of nitrogens with zero attached hydrogens (tertiary/aromatic N) is 2. The van der Waals surface area contributed by atoms with E-state index in [2.05, 4.69) is 101 Å². The molecule has 0 amide bonds. The van der Waals surface area contributed by atoms with Crippen molar-refractivity contribution in [2.45, 2.75) is 25.8 Å². The fraction of sp³-hybridized carbons (Fsp3) is 0.259. The zero-order valence-corrected chi connectivity index (χ0v) is 16.9. The van der Waals surface area contributed by atoms with Crippen LogP contribution in [0.4, 0.5) is 0 Å². The van der Waals surface area contributed by atoms with E-state index in [9.17, 15) is 0 Å². The molecule has 2 heteroatoms. The number of benzene rings is 3. The summed E-state index contributed by atoms with van der Waals surface area (Å²) in [5.41, 5.74) is 4.14. The summed E-state index contributed by atoms with van der Waals surface area (Å²) in [4.78, 5) is 2.62. The summed E-state index contributed by atoms with van der Waals surface area (Å²) in [6.45, 7) is 3.49. The highest BCUT2D eigenvalue weighted by Gasteiger charge is 2.19. The van der Waals surface area contributed by atoms with E-state index in [1.54, 1.807) is 0 Å². The van der Waals surface area contributed by atoms with E-state index in [-0.39, 0.29) is 0 Å². The van der Waals surface area contributed by atoms with Crippen molar-refractivity contribution in [3.8, 4) is 5.69 Å². The second-order valence-corrected chi connectivity index (χ2v) is 8.36. The lowest BCUT2D eigenvalue weighted by Crippen LogP contribution is -2.33. The van der Waals surface area contributed by atoms with Gasteiger partial charge in [0.1, 0.15) is 0 Å². The van der Waals surface area contributed by atoms with Crippen LogP contribution in [-0.2, 0) is 13.0 Å². The van der Waals surface area contributed by atoms with Crippen LogP contribution in [0.1, 0.15) is 24.0 Å². The van der Waals surface area contributed by atoms with Crippen LogP contribution in [0.2, 0.25) is 0 Å². The van der Waals surface area contributed by atoms with Gasteiger partial charge in [-0.15, -0.1) is 0 Å². The Bertz CT molecular complexity index is 1060. The van der Waals surface area contributed by atoms with Crippen LogP contribution in [0.15, 0.2) is 91.3 Å². The minimum atomic E-state index is 0.806. The van der Waals surface area contributed by atoms with Crippen LogP contribution in [0.3, 0.4) is 0 Å². The largest absolute Gasteiger partial charge is 0.324 e. The van der Waals surface area contributed by atoms with Gasteiger partial charge in [0, 0.05) is 24.6 Å². The summed E-state index contributed by atoms with van der Waals surface area (Å²) in [5, 5.41) is 2.68. The molecule has 1 aliphatic rings. The van der Waals surface area contributed by atoms with Crippen molar-refractivity contribution in [3.63, 3.8) is 0 Å². The van der Waals surface area contributed by atoms with Crippen LogP contribution in [0.5, 0.6) is 0 Å². The predicted octanol–water partition coefficient (Wildman–Crippen LogP) is 6.09. The lowest BCUT2D eigenvalue weighted by molar-refractivity contribution is 0.177. The molecule has 146 valence electrons. The van der Waals surface area contributed by atoms with Crippen LogP contribution in [0.25, 0.3) is 16.5 Å². The summed E-state index contributed by atoms with van der Waals surface area (Å²) >= 11 is 0. The van der Waals surface area contributed by atoms with Crippen LogP contribution < -0.4 is 0 Å². The summed E-state index contributed by atoms with van der Waals surface area (Å²) in [6.07, 6.45) is 8.00. The number of aromatic nitrogens is 1. The average Bonchev–Trinajstić information content (AvgIpc) is 3.31. The number of rotatable bonds is 5. The topological polar surface area (TPSA) is 8.17 Å². The second kappa shape index (κ2) is 8.26. The molecule has 3 aromatic carbocycles. The van der Waals surface area contributed by atoms with Gasteiger partial charge >= 0.3 is 0 Å². The van der Waals surface area contributed by atoms with E-state index in [0.29, 0.717) is 0 Å². The van der Waals surface area contributed by atoms with E-state index >= 15 is 0 Å². The Morgan fingerprint density at radius 1 is 0.690 bits per heavy atom. The highest BCUT2D eigenvalue weighted by molar-refractivity contribution is 5.82. The fourth-order valence-corrected chi connectivity index (χ4v) is 4.59. The van der Waals surface area contributed by atoms with Gasteiger partial charge in [-0.1, -0.05) is 48.5 Å². The molecule has 1 saturated heterocycles. The third kappa shape index (κ3) is 4.28. The lowest BCUT2D eigenvalue weighted by Gasteiger charge is -2.32. The van der Waals surface area contributed by atoms with Crippen LogP contribution in [0, 0.1) is 5.92 Å². The highest BCUT2D eigenvalue weighted by Crippen LogP contribution is 2.24.